The van der Waals surface area contributed by atoms with Crippen molar-refractivity contribution >= 4 is 0 Å². The van der Waals surface area contributed by atoms with Gasteiger partial charge in [-0.25, -0.2) is 4.98 Å². The van der Waals surface area contributed by atoms with Gasteiger partial charge in [-0.1, -0.05) is 6.92 Å². The Balaban J connectivity index is 3.01. The lowest BCUT2D eigenvalue weighted by Crippen LogP contribution is -2.06. The summed E-state index contributed by atoms with van der Waals surface area (Å²) in [4.78, 5) is 4.40. The number of aliphatic hydroxyl groups excluding tert-OH is 1. The molecule has 0 saturated carbocycles. The van der Waals surface area contributed by atoms with Crippen molar-refractivity contribution in [1.29, 1.82) is 0 Å². The Labute approximate surface area is 73.1 Å². The van der Waals surface area contributed by atoms with Gasteiger partial charge in [0.2, 0.25) is 0 Å². The van der Waals surface area contributed by atoms with Gasteiger partial charge in [-0.2, -0.15) is 0 Å². The van der Waals surface area contributed by atoms with E-state index in [0.717, 1.165) is 17.9 Å². The Kier molecular flexibility index (Phi) is 2.87. The van der Waals surface area contributed by atoms with E-state index in [4.69, 9.17) is 5.11 Å². The molecular formula is C9H16N2O. The molecule has 1 heterocycles. The highest BCUT2D eigenvalue weighted by Gasteiger charge is 2.07. The van der Waals surface area contributed by atoms with Crippen LogP contribution in [0.1, 0.15) is 24.1 Å². The first-order chi connectivity index (χ1) is 5.70. The van der Waals surface area contributed by atoms with Crippen LogP contribution in [0.2, 0.25) is 0 Å². The summed E-state index contributed by atoms with van der Waals surface area (Å²) in [5.41, 5.74) is 2.32. The fourth-order valence-electron chi connectivity index (χ4n) is 1.50. The lowest BCUT2D eigenvalue weighted by Gasteiger charge is -2.04. The van der Waals surface area contributed by atoms with Crippen LogP contribution in [-0.4, -0.2) is 21.3 Å². The number of nitrogens with zero attached hydrogens (tertiary/aromatic N) is 2. The van der Waals surface area contributed by atoms with E-state index in [9.17, 15) is 0 Å². The van der Waals surface area contributed by atoms with Crippen molar-refractivity contribution in [2.45, 2.75) is 33.7 Å². The zero-order valence-corrected chi connectivity index (χ0v) is 7.96. The van der Waals surface area contributed by atoms with Crippen molar-refractivity contribution < 1.29 is 5.11 Å². The van der Waals surface area contributed by atoms with Crippen LogP contribution >= 0.6 is 0 Å². The normalized spacial score (nSPS) is 10.7. The molecule has 3 nitrogen and oxygen atoms in total. The number of rotatable bonds is 3. The fourth-order valence-corrected chi connectivity index (χ4v) is 1.50. The van der Waals surface area contributed by atoms with Crippen LogP contribution in [0, 0.1) is 13.8 Å². The second kappa shape index (κ2) is 3.72. The van der Waals surface area contributed by atoms with Crippen LogP contribution in [0.15, 0.2) is 0 Å². The highest BCUT2D eigenvalue weighted by atomic mass is 16.3. The molecule has 68 valence electrons. The van der Waals surface area contributed by atoms with Gasteiger partial charge in [0, 0.05) is 12.2 Å². The summed E-state index contributed by atoms with van der Waals surface area (Å²) in [5, 5.41) is 8.80. The van der Waals surface area contributed by atoms with E-state index >= 15 is 0 Å². The van der Waals surface area contributed by atoms with Gasteiger partial charge < -0.3 is 9.67 Å². The molecule has 0 amide bonds. The minimum atomic E-state index is 0.182. The zero-order valence-electron chi connectivity index (χ0n) is 7.96. The van der Waals surface area contributed by atoms with Gasteiger partial charge >= 0.3 is 0 Å². The maximum absolute atomic E-state index is 8.80. The van der Waals surface area contributed by atoms with Gasteiger partial charge in [-0.15, -0.1) is 0 Å². The molecule has 12 heavy (non-hydrogen) atoms. The first kappa shape index (κ1) is 9.26. The SMILES string of the molecule is CCc1nc(C)n(CCO)c1C. The first-order valence-corrected chi connectivity index (χ1v) is 4.34. The lowest BCUT2D eigenvalue weighted by atomic mass is 10.3. The van der Waals surface area contributed by atoms with Gasteiger partial charge in [0.25, 0.3) is 0 Å². The van der Waals surface area contributed by atoms with Crippen LogP contribution < -0.4 is 0 Å². The third-order valence-electron chi connectivity index (χ3n) is 2.17. The molecule has 1 N–H and O–H groups in total. The van der Waals surface area contributed by atoms with Crippen LogP contribution in [0.3, 0.4) is 0 Å². The predicted molar refractivity (Wildman–Crippen MR) is 48.2 cm³/mol. The number of hydrogen-bond acceptors (Lipinski definition) is 2. The first-order valence-electron chi connectivity index (χ1n) is 4.34. The van der Waals surface area contributed by atoms with E-state index in [1.54, 1.807) is 0 Å². The fraction of sp³-hybridized carbons (Fsp3) is 0.667. The number of imidazole rings is 1. The van der Waals surface area contributed by atoms with E-state index in [1.165, 1.54) is 5.69 Å². The Morgan fingerprint density at radius 3 is 2.50 bits per heavy atom. The largest absolute Gasteiger partial charge is 0.395 e. The molecule has 0 saturated heterocycles. The Hall–Kier alpha value is -0.830. The number of aliphatic hydroxyl groups is 1. The van der Waals surface area contributed by atoms with E-state index in [0.29, 0.717) is 6.54 Å². The average Bonchev–Trinajstić information content (AvgIpc) is 2.32. The summed E-state index contributed by atoms with van der Waals surface area (Å²) in [5.74, 6) is 0.999. The van der Waals surface area contributed by atoms with Gasteiger partial charge in [0.15, 0.2) is 0 Å². The summed E-state index contributed by atoms with van der Waals surface area (Å²) in [7, 11) is 0. The molecule has 1 aromatic heterocycles. The van der Waals surface area contributed by atoms with Crippen LogP contribution in [0.25, 0.3) is 0 Å². The lowest BCUT2D eigenvalue weighted by molar-refractivity contribution is 0.273. The molecule has 0 aromatic carbocycles. The Morgan fingerprint density at radius 1 is 1.42 bits per heavy atom. The molecule has 0 bridgehead atoms. The number of aromatic nitrogens is 2. The molecule has 1 rings (SSSR count). The highest BCUT2D eigenvalue weighted by molar-refractivity contribution is 5.15. The van der Waals surface area contributed by atoms with Gasteiger partial charge in [0.1, 0.15) is 5.82 Å². The molecular weight excluding hydrogens is 152 g/mol. The van der Waals surface area contributed by atoms with E-state index in [1.807, 2.05) is 6.92 Å². The van der Waals surface area contributed by atoms with Crippen LogP contribution in [-0.2, 0) is 13.0 Å². The van der Waals surface area contributed by atoms with Crippen molar-refractivity contribution in [1.82, 2.24) is 9.55 Å². The minimum absolute atomic E-state index is 0.182. The monoisotopic (exact) mass is 168 g/mol. The molecule has 3 heteroatoms. The van der Waals surface area contributed by atoms with Crippen molar-refractivity contribution in [3.8, 4) is 0 Å². The van der Waals surface area contributed by atoms with E-state index in [2.05, 4.69) is 23.4 Å². The summed E-state index contributed by atoms with van der Waals surface area (Å²) >= 11 is 0. The van der Waals surface area contributed by atoms with Crippen molar-refractivity contribution in [3.63, 3.8) is 0 Å². The average molecular weight is 168 g/mol. The molecule has 0 aliphatic heterocycles. The molecule has 0 aliphatic rings. The van der Waals surface area contributed by atoms with Crippen LogP contribution in [0.5, 0.6) is 0 Å². The van der Waals surface area contributed by atoms with Crippen molar-refractivity contribution in [2.24, 2.45) is 0 Å². The van der Waals surface area contributed by atoms with Crippen molar-refractivity contribution in [3.05, 3.63) is 17.2 Å². The molecule has 0 radical (unpaired) electrons. The topological polar surface area (TPSA) is 38.0 Å². The molecule has 0 unspecified atom stereocenters. The van der Waals surface area contributed by atoms with E-state index in [-0.39, 0.29) is 6.61 Å². The predicted octanol–water partition coefficient (Wildman–Crippen LogP) is 1.05. The standard InChI is InChI=1S/C9H16N2O/c1-4-9-7(2)11(5-6-12)8(3)10-9/h12H,4-6H2,1-3H3. The van der Waals surface area contributed by atoms with Gasteiger partial charge in [-0.05, 0) is 20.3 Å². The quantitative estimate of drug-likeness (QED) is 0.732. The summed E-state index contributed by atoms with van der Waals surface area (Å²) in [6.07, 6.45) is 0.963. The summed E-state index contributed by atoms with van der Waals surface area (Å²) in [6.45, 7) is 6.96. The smallest absolute Gasteiger partial charge is 0.106 e. The highest BCUT2D eigenvalue weighted by Crippen LogP contribution is 2.10. The molecule has 0 atom stereocenters. The number of hydrogen-bond donors (Lipinski definition) is 1. The minimum Gasteiger partial charge on any atom is -0.395 e. The van der Waals surface area contributed by atoms with Crippen molar-refractivity contribution in [2.75, 3.05) is 6.61 Å². The molecule has 0 spiro atoms. The Morgan fingerprint density at radius 2 is 2.08 bits per heavy atom. The third kappa shape index (κ3) is 1.50. The molecule has 1 aromatic rings. The second-order valence-corrected chi connectivity index (χ2v) is 2.92. The second-order valence-electron chi connectivity index (χ2n) is 2.92. The summed E-state index contributed by atoms with van der Waals surface area (Å²) < 4.78 is 2.05. The number of aryl methyl sites for hydroxylation is 2. The molecule has 0 aliphatic carbocycles. The van der Waals surface area contributed by atoms with Crippen LogP contribution in [0.4, 0.5) is 0 Å². The van der Waals surface area contributed by atoms with E-state index < -0.39 is 0 Å². The zero-order chi connectivity index (χ0) is 9.14. The maximum atomic E-state index is 8.80. The van der Waals surface area contributed by atoms with Gasteiger partial charge in [0.05, 0.1) is 12.3 Å². The summed E-state index contributed by atoms with van der Waals surface area (Å²) in [6, 6.07) is 0. The molecule has 0 fully saturated rings. The third-order valence-corrected chi connectivity index (χ3v) is 2.17. The maximum Gasteiger partial charge on any atom is 0.106 e. The van der Waals surface area contributed by atoms with Gasteiger partial charge in [-0.3, -0.25) is 0 Å². The Bertz CT molecular complexity index is 266.